The summed E-state index contributed by atoms with van der Waals surface area (Å²) in [5.74, 6) is 1.55. The zero-order valence-electron chi connectivity index (χ0n) is 4.23. The molecule has 1 aliphatic heterocycles. The van der Waals surface area contributed by atoms with Crippen molar-refractivity contribution in [2.24, 2.45) is 0 Å². The van der Waals surface area contributed by atoms with E-state index >= 15 is 0 Å². The van der Waals surface area contributed by atoms with E-state index in [-0.39, 0.29) is 5.91 Å². The second kappa shape index (κ2) is 1.80. The number of amides is 1. The van der Waals surface area contributed by atoms with Crippen molar-refractivity contribution in [3.05, 3.63) is 5.70 Å². The molecule has 0 spiro atoms. The van der Waals surface area contributed by atoms with Crippen molar-refractivity contribution in [2.45, 2.75) is 12.8 Å². The topological polar surface area (TPSA) is 46.2 Å². The van der Waals surface area contributed by atoms with Gasteiger partial charge in [-0.3, -0.25) is 4.79 Å². The Morgan fingerprint density at radius 1 is 1.50 bits per heavy atom. The highest BCUT2D eigenvalue weighted by Crippen LogP contribution is 2.05. The van der Waals surface area contributed by atoms with Crippen molar-refractivity contribution in [1.82, 2.24) is 5.32 Å². The van der Waals surface area contributed by atoms with Crippen molar-refractivity contribution in [2.75, 3.05) is 0 Å². The van der Waals surface area contributed by atoms with E-state index in [0.717, 1.165) is 0 Å². The number of hydrogen-bond acceptors (Lipinski definition) is 2. The minimum Gasteiger partial charge on any atom is -0.320 e. The largest absolute Gasteiger partial charge is 0.320 e. The van der Waals surface area contributed by atoms with Gasteiger partial charge in [-0.25, -0.2) is 4.79 Å². The average molecular weight is 111 g/mol. The quantitative estimate of drug-likeness (QED) is 0.433. The molecule has 0 aromatic heterocycles. The summed E-state index contributed by atoms with van der Waals surface area (Å²) in [7, 11) is 0. The van der Waals surface area contributed by atoms with Gasteiger partial charge in [0.1, 0.15) is 11.6 Å². The van der Waals surface area contributed by atoms with E-state index in [1.54, 1.807) is 5.94 Å². The van der Waals surface area contributed by atoms with E-state index in [4.69, 9.17) is 0 Å². The Balaban J connectivity index is 2.70. The van der Waals surface area contributed by atoms with Crippen LogP contribution in [0.15, 0.2) is 5.70 Å². The Hall–Kier alpha value is -1.08. The maximum atomic E-state index is 10.3. The molecule has 0 aliphatic carbocycles. The molecular formula is C5H5NO2. The smallest absolute Gasteiger partial charge is 0.225 e. The number of allylic oxidation sites excluding steroid dienone is 1. The molecule has 0 saturated carbocycles. The summed E-state index contributed by atoms with van der Waals surface area (Å²) >= 11 is 0. The van der Waals surface area contributed by atoms with Gasteiger partial charge < -0.3 is 5.32 Å². The van der Waals surface area contributed by atoms with Crippen LogP contribution >= 0.6 is 0 Å². The first-order chi connectivity index (χ1) is 3.83. The predicted octanol–water partition coefficient (Wildman–Crippen LogP) is -0.388. The van der Waals surface area contributed by atoms with Gasteiger partial charge in [0.2, 0.25) is 5.91 Å². The Morgan fingerprint density at radius 2 is 2.25 bits per heavy atom. The first-order valence-corrected chi connectivity index (χ1v) is 2.37. The summed E-state index contributed by atoms with van der Waals surface area (Å²) < 4.78 is 0. The van der Waals surface area contributed by atoms with Crippen LogP contribution in [0, 0.1) is 0 Å². The van der Waals surface area contributed by atoms with Gasteiger partial charge in [0, 0.05) is 12.8 Å². The van der Waals surface area contributed by atoms with Gasteiger partial charge in [0.05, 0.1) is 0 Å². The monoisotopic (exact) mass is 111 g/mol. The van der Waals surface area contributed by atoms with Crippen LogP contribution in [0.4, 0.5) is 0 Å². The Bertz CT molecular complexity index is 167. The summed E-state index contributed by atoms with van der Waals surface area (Å²) in [5, 5.41) is 2.36. The molecule has 0 aromatic carbocycles. The van der Waals surface area contributed by atoms with Crippen LogP contribution in [0.3, 0.4) is 0 Å². The van der Waals surface area contributed by atoms with Gasteiger partial charge in [0.25, 0.3) is 0 Å². The molecule has 1 saturated heterocycles. The van der Waals surface area contributed by atoms with E-state index in [1.807, 2.05) is 0 Å². The molecule has 0 bridgehead atoms. The SMILES string of the molecule is O=C=C1CCC(=O)N1. The van der Waals surface area contributed by atoms with Crippen molar-refractivity contribution in [1.29, 1.82) is 0 Å². The third-order valence-electron chi connectivity index (χ3n) is 1.02. The predicted molar refractivity (Wildman–Crippen MR) is 26.6 cm³/mol. The molecule has 1 rings (SSSR count). The third kappa shape index (κ3) is 0.768. The molecule has 0 unspecified atom stereocenters. The minimum absolute atomic E-state index is 0.0802. The first-order valence-electron chi connectivity index (χ1n) is 2.37. The maximum absolute atomic E-state index is 10.3. The lowest BCUT2D eigenvalue weighted by Crippen LogP contribution is -2.11. The van der Waals surface area contributed by atoms with E-state index in [0.29, 0.717) is 18.5 Å². The fourth-order valence-electron chi connectivity index (χ4n) is 0.608. The van der Waals surface area contributed by atoms with Gasteiger partial charge in [-0.1, -0.05) is 0 Å². The number of carbonyl (C=O) groups is 1. The highest BCUT2D eigenvalue weighted by Gasteiger charge is 2.13. The Morgan fingerprint density at radius 3 is 2.50 bits per heavy atom. The van der Waals surface area contributed by atoms with Gasteiger partial charge in [-0.2, -0.15) is 0 Å². The molecule has 1 fully saturated rings. The lowest BCUT2D eigenvalue weighted by atomic mass is 10.3. The average Bonchev–Trinajstić information content (AvgIpc) is 2.14. The zero-order valence-corrected chi connectivity index (χ0v) is 4.23. The molecule has 1 N–H and O–H groups in total. The van der Waals surface area contributed by atoms with Crippen molar-refractivity contribution >= 4 is 11.8 Å². The van der Waals surface area contributed by atoms with Crippen LogP contribution in [0.1, 0.15) is 12.8 Å². The van der Waals surface area contributed by atoms with Crippen LogP contribution in [0.25, 0.3) is 0 Å². The highest BCUT2D eigenvalue weighted by molar-refractivity contribution is 5.83. The molecule has 0 radical (unpaired) electrons. The molecule has 3 nitrogen and oxygen atoms in total. The summed E-state index contributed by atoms with van der Waals surface area (Å²) in [6, 6.07) is 0. The van der Waals surface area contributed by atoms with E-state index in [2.05, 4.69) is 5.32 Å². The maximum Gasteiger partial charge on any atom is 0.225 e. The standard InChI is InChI=1S/C5H5NO2/c7-3-4-1-2-5(8)6-4/h1-2H2,(H,6,8). The number of carbonyl (C=O) groups excluding carboxylic acids is 2. The minimum atomic E-state index is -0.0802. The molecule has 1 amide bonds. The van der Waals surface area contributed by atoms with Crippen molar-refractivity contribution < 1.29 is 9.59 Å². The zero-order chi connectivity index (χ0) is 5.98. The highest BCUT2D eigenvalue weighted by atomic mass is 16.2. The Kier molecular flexibility index (Phi) is 1.14. The van der Waals surface area contributed by atoms with Gasteiger partial charge in [0.15, 0.2) is 0 Å². The second-order valence-corrected chi connectivity index (χ2v) is 1.63. The van der Waals surface area contributed by atoms with E-state index in [9.17, 15) is 9.59 Å². The molecule has 1 heterocycles. The Labute approximate surface area is 46.4 Å². The first kappa shape index (κ1) is 5.06. The lowest BCUT2D eigenvalue weighted by molar-refractivity contribution is -0.118. The molecule has 0 aromatic rings. The number of rotatable bonds is 0. The third-order valence-corrected chi connectivity index (χ3v) is 1.02. The van der Waals surface area contributed by atoms with Crippen molar-refractivity contribution in [3.8, 4) is 0 Å². The van der Waals surface area contributed by atoms with Crippen molar-refractivity contribution in [3.63, 3.8) is 0 Å². The normalized spacial score (nSPS) is 18.0. The molecular weight excluding hydrogens is 106 g/mol. The lowest BCUT2D eigenvalue weighted by Gasteiger charge is -1.83. The molecule has 8 heavy (non-hydrogen) atoms. The summed E-state index contributed by atoms with van der Waals surface area (Å²) in [6.07, 6.45) is 0.965. The molecule has 3 heteroatoms. The summed E-state index contributed by atoms with van der Waals surface area (Å²) in [6.45, 7) is 0. The molecule has 1 aliphatic rings. The van der Waals surface area contributed by atoms with Crippen LogP contribution in [0.2, 0.25) is 0 Å². The number of nitrogens with one attached hydrogen (secondary N) is 1. The van der Waals surface area contributed by atoms with Gasteiger partial charge >= 0.3 is 0 Å². The van der Waals surface area contributed by atoms with Crippen LogP contribution in [0.5, 0.6) is 0 Å². The van der Waals surface area contributed by atoms with Crippen LogP contribution in [-0.2, 0) is 9.59 Å². The van der Waals surface area contributed by atoms with Crippen LogP contribution < -0.4 is 5.32 Å². The fourth-order valence-corrected chi connectivity index (χ4v) is 0.608. The molecule has 0 atom stereocenters. The summed E-state index contributed by atoms with van der Waals surface area (Å²) in [5.41, 5.74) is 0.384. The second-order valence-electron chi connectivity index (χ2n) is 1.63. The van der Waals surface area contributed by atoms with Gasteiger partial charge in [-0.05, 0) is 0 Å². The number of hydrogen-bond donors (Lipinski definition) is 1. The fraction of sp³-hybridized carbons (Fsp3) is 0.400. The van der Waals surface area contributed by atoms with E-state index in [1.165, 1.54) is 0 Å². The van der Waals surface area contributed by atoms with Crippen LogP contribution in [-0.4, -0.2) is 11.8 Å². The summed E-state index contributed by atoms with van der Waals surface area (Å²) in [4.78, 5) is 20.1. The molecule has 42 valence electrons. The van der Waals surface area contributed by atoms with Gasteiger partial charge in [-0.15, -0.1) is 0 Å². The van der Waals surface area contributed by atoms with E-state index < -0.39 is 0 Å².